The molecule has 120 valence electrons. The van der Waals surface area contributed by atoms with Gasteiger partial charge in [0.25, 0.3) is 0 Å². The summed E-state index contributed by atoms with van der Waals surface area (Å²) in [5, 5.41) is 1.20. The molecule has 0 amide bonds. The summed E-state index contributed by atoms with van der Waals surface area (Å²) in [7, 11) is -3.46. The van der Waals surface area contributed by atoms with Crippen molar-refractivity contribution in [2.45, 2.75) is 17.9 Å². The van der Waals surface area contributed by atoms with Gasteiger partial charge in [0.2, 0.25) is 10.0 Å². The third-order valence-corrected chi connectivity index (χ3v) is 5.61. The summed E-state index contributed by atoms with van der Waals surface area (Å²) in [6, 6.07) is 16.9. The second-order valence-electron chi connectivity index (χ2n) is 5.28. The molecule has 0 aliphatic heterocycles. The summed E-state index contributed by atoms with van der Waals surface area (Å²) < 4.78 is 30.0. The molecule has 4 nitrogen and oxygen atoms in total. The number of aryl methyl sites for hydroxylation is 1. The lowest BCUT2D eigenvalue weighted by molar-refractivity contribution is 0.572. The van der Waals surface area contributed by atoms with Crippen LogP contribution in [0.4, 0.5) is 0 Å². The molecule has 0 unspecified atom stereocenters. The number of benzene rings is 2. The van der Waals surface area contributed by atoms with E-state index in [-0.39, 0.29) is 4.90 Å². The molecule has 1 N–H and O–H groups in total. The van der Waals surface area contributed by atoms with Crippen LogP contribution < -0.4 is 4.72 Å². The SMILES string of the molecule is O=S(=O)(NCCCn1ccc2ccccc21)c1cccc(Br)c1. The molecule has 3 rings (SSSR count). The number of fused-ring (bicyclic) bond motifs is 1. The maximum absolute atomic E-state index is 12.2. The van der Waals surface area contributed by atoms with Gasteiger partial charge in [0.05, 0.1) is 4.90 Å². The van der Waals surface area contributed by atoms with Crippen LogP contribution in [-0.2, 0) is 16.6 Å². The number of aromatic nitrogens is 1. The van der Waals surface area contributed by atoms with E-state index in [1.165, 1.54) is 10.9 Å². The standard InChI is InChI=1S/C17H17BrN2O2S/c18-15-6-3-7-16(13-15)23(21,22)19-10-4-11-20-12-9-14-5-1-2-8-17(14)20/h1-3,5-9,12-13,19H,4,10-11H2. The van der Waals surface area contributed by atoms with E-state index in [1.54, 1.807) is 24.3 Å². The Morgan fingerprint density at radius 3 is 2.70 bits per heavy atom. The maximum atomic E-state index is 12.2. The van der Waals surface area contributed by atoms with E-state index in [9.17, 15) is 8.42 Å². The van der Waals surface area contributed by atoms with Crippen molar-refractivity contribution < 1.29 is 8.42 Å². The predicted molar refractivity (Wildman–Crippen MR) is 95.9 cm³/mol. The van der Waals surface area contributed by atoms with Crippen molar-refractivity contribution in [2.24, 2.45) is 0 Å². The lowest BCUT2D eigenvalue weighted by atomic mass is 10.2. The minimum atomic E-state index is -3.46. The van der Waals surface area contributed by atoms with Crippen LogP contribution in [0.3, 0.4) is 0 Å². The van der Waals surface area contributed by atoms with Crippen molar-refractivity contribution in [1.82, 2.24) is 9.29 Å². The Morgan fingerprint density at radius 1 is 1.04 bits per heavy atom. The highest BCUT2D eigenvalue weighted by Gasteiger charge is 2.13. The Bertz CT molecular complexity index is 919. The number of nitrogens with one attached hydrogen (secondary N) is 1. The first-order chi connectivity index (χ1) is 11.1. The number of hydrogen-bond acceptors (Lipinski definition) is 2. The van der Waals surface area contributed by atoms with E-state index in [4.69, 9.17) is 0 Å². The molecule has 0 saturated carbocycles. The van der Waals surface area contributed by atoms with E-state index in [0.717, 1.165) is 17.4 Å². The summed E-state index contributed by atoms with van der Waals surface area (Å²) in [4.78, 5) is 0.276. The van der Waals surface area contributed by atoms with Crippen molar-refractivity contribution >= 4 is 36.9 Å². The molecule has 23 heavy (non-hydrogen) atoms. The van der Waals surface area contributed by atoms with Gasteiger partial charge in [-0.25, -0.2) is 13.1 Å². The first-order valence-corrected chi connectivity index (χ1v) is 9.63. The van der Waals surface area contributed by atoms with Gasteiger partial charge in [-0.15, -0.1) is 0 Å². The molecule has 0 fully saturated rings. The summed E-state index contributed by atoms with van der Waals surface area (Å²) in [6.07, 6.45) is 2.76. The van der Waals surface area contributed by atoms with Gasteiger partial charge >= 0.3 is 0 Å². The van der Waals surface area contributed by atoms with Gasteiger partial charge in [-0.05, 0) is 42.1 Å². The normalized spacial score (nSPS) is 11.9. The van der Waals surface area contributed by atoms with E-state index >= 15 is 0 Å². The fourth-order valence-electron chi connectivity index (χ4n) is 2.51. The molecule has 6 heteroatoms. The van der Waals surface area contributed by atoms with E-state index in [1.807, 2.05) is 18.3 Å². The van der Waals surface area contributed by atoms with Gasteiger partial charge in [0.15, 0.2) is 0 Å². The van der Waals surface area contributed by atoms with E-state index < -0.39 is 10.0 Å². The van der Waals surface area contributed by atoms with E-state index in [2.05, 4.69) is 43.4 Å². The fourth-order valence-corrected chi connectivity index (χ4v) is 4.18. The molecular formula is C17H17BrN2O2S. The van der Waals surface area contributed by atoms with Crippen molar-refractivity contribution in [3.8, 4) is 0 Å². The van der Waals surface area contributed by atoms with Crippen LogP contribution in [0.15, 0.2) is 70.2 Å². The van der Waals surface area contributed by atoms with Gasteiger partial charge in [-0.2, -0.15) is 0 Å². The van der Waals surface area contributed by atoms with Crippen LogP contribution in [0.2, 0.25) is 0 Å². The van der Waals surface area contributed by atoms with Crippen molar-refractivity contribution in [3.05, 3.63) is 65.3 Å². The molecule has 1 aromatic heterocycles. The first kappa shape index (κ1) is 16.2. The Labute approximate surface area is 144 Å². The minimum absolute atomic E-state index is 0.276. The zero-order valence-corrected chi connectivity index (χ0v) is 14.8. The Balaban J connectivity index is 1.59. The van der Waals surface area contributed by atoms with E-state index in [0.29, 0.717) is 6.54 Å². The fraction of sp³-hybridized carbons (Fsp3) is 0.176. The first-order valence-electron chi connectivity index (χ1n) is 7.35. The zero-order chi connectivity index (χ0) is 16.3. The molecule has 0 spiro atoms. The van der Waals surface area contributed by atoms with Crippen LogP contribution in [0.5, 0.6) is 0 Å². The van der Waals surface area contributed by atoms with Crippen LogP contribution >= 0.6 is 15.9 Å². The van der Waals surface area contributed by atoms with Gasteiger partial charge in [-0.3, -0.25) is 0 Å². The summed E-state index contributed by atoms with van der Waals surface area (Å²) >= 11 is 3.29. The second kappa shape index (κ2) is 6.86. The van der Waals surface area contributed by atoms with Crippen LogP contribution in [-0.4, -0.2) is 19.5 Å². The molecule has 2 aromatic carbocycles. The Morgan fingerprint density at radius 2 is 1.87 bits per heavy atom. The molecule has 0 saturated heterocycles. The van der Waals surface area contributed by atoms with Gasteiger partial charge in [0.1, 0.15) is 0 Å². The summed E-state index contributed by atoms with van der Waals surface area (Å²) in [6.45, 7) is 1.18. The molecule has 1 heterocycles. The topological polar surface area (TPSA) is 51.1 Å². The monoisotopic (exact) mass is 392 g/mol. The molecule has 3 aromatic rings. The smallest absolute Gasteiger partial charge is 0.240 e. The average Bonchev–Trinajstić information content (AvgIpc) is 2.95. The number of nitrogens with zero attached hydrogens (tertiary/aromatic N) is 1. The molecule has 0 atom stereocenters. The minimum Gasteiger partial charge on any atom is -0.347 e. The van der Waals surface area contributed by atoms with Gasteiger partial charge < -0.3 is 4.57 Å². The number of sulfonamides is 1. The summed E-state index contributed by atoms with van der Waals surface area (Å²) in [5.74, 6) is 0. The Kier molecular flexibility index (Phi) is 4.84. The third-order valence-electron chi connectivity index (χ3n) is 3.65. The average molecular weight is 393 g/mol. The maximum Gasteiger partial charge on any atom is 0.240 e. The molecule has 0 aliphatic rings. The third kappa shape index (κ3) is 3.83. The van der Waals surface area contributed by atoms with Crippen molar-refractivity contribution in [2.75, 3.05) is 6.54 Å². The number of rotatable bonds is 6. The van der Waals surface area contributed by atoms with Crippen LogP contribution in [0.25, 0.3) is 10.9 Å². The largest absolute Gasteiger partial charge is 0.347 e. The molecule has 0 radical (unpaired) electrons. The quantitative estimate of drug-likeness (QED) is 0.649. The highest BCUT2D eigenvalue weighted by atomic mass is 79.9. The number of para-hydroxylation sites is 1. The lowest BCUT2D eigenvalue weighted by Gasteiger charge is -2.08. The number of hydrogen-bond donors (Lipinski definition) is 1. The number of halogens is 1. The zero-order valence-electron chi connectivity index (χ0n) is 12.4. The predicted octanol–water partition coefficient (Wildman–Crippen LogP) is 3.77. The lowest BCUT2D eigenvalue weighted by Crippen LogP contribution is -2.25. The molecular weight excluding hydrogens is 376 g/mol. The van der Waals surface area contributed by atoms with Gasteiger partial charge in [0, 0.05) is 29.3 Å². The van der Waals surface area contributed by atoms with Crippen LogP contribution in [0, 0.1) is 0 Å². The van der Waals surface area contributed by atoms with Crippen molar-refractivity contribution in [3.63, 3.8) is 0 Å². The molecule has 0 bridgehead atoms. The van der Waals surface area contributed by atoms with Gasteiger partial charge in [-0.1, -0.05) is 40.2 Å². The summed E-state index contributed by atoms with van der Waals surface area (Å²) in [5.41, 5.74) is 1.17. The highest BCUT2D eigenvalue weighted by Crippen LogP contribution is 2.17. The van der Waals surface area contributed by atoms with Crippen molar-refractivity contribution in [1.29, 1.82) is 0 Å². The Hall–Kier alpha value is -1.63. The molecule has 0 aliphatic carbocycles. The second-order valence-corrected chi connectivity index (χ2v) is 7.96. The highest BCUT2D eigenvalue weighted by molar-refractivity contribution is 9.10. The van der Waals surface area contributed by atoms with Crippen LogP contribution in [0.1, 0.15) is 6.42 Å².